The zero-order valence-corrected chi connectivity index (χ0v) is 17.4. The second kappa shape index (κ2) is 10.3. The van der Waals surface area contributed by atoms with Gasteiger partial charge in [0.1, 0.15) is 5.75 Å². The molecular formula is C20H23BrN2O2S. The minimum Gasteiger partial charge on any atom is -0.492 e. The highest BCUT2D eigenvalue weighted by Gasteiger charge is 2.15. The lowest BCUT2D eigenvalue weighted by atomic mass is 10.2. The Hall–Kier alpha value is -1.92. The topological polar surface area (TPSA) is 41.6 Å². The van der Waals surface area contributed by atoms with Crippen molar-refractivity contribution in [3.63, 3.8) is 0 Å². The Morgan fingerprint density at radius 1 is 1.19 bits per heavy atom. The summed E-state index contributed by atoms with van der Waals surface area (Å²) in [6.45, 7) is 5.43. The number of carbonyl (C=O) groups excluding carboxylic acids is 1. The van der Waals surface area contributed by atoms with Gasteiger partial charge in [0.15, 0.2) is 5.11 Å². The van der Waals surface area contributed by atoms with Crippen molar-refractivity contribution in [2.75, 3.05) is 18.1 Å². The Morgan fingerprint density at radius 3 is 2.54 bits per heavy atom. The predicted molar refractivity (Wildman–Crippen MR) is 114 cm³/mol. The molecule has 26 heavy (non-hydrogen) atoms. The molecule has 0 spiro atoms. The fraction of sp³-hybridized carbons (Fsp3) is 0.300. The fourth-order valence-electron chi connectivity index (χ4n) is 2.37. The summed E-state index contributed by atoms with van der Waals surface area (Å²) in [6.07, 6.45) is 2.07. The Bertz CT molecular complexity index is 753. The maximum atomic E-state index is 12.5. The Labute approximate surface area is 168 Å². The van der Waals surface area contributed by atoms with Crippen LogP contribution in [0.15, 0.2) is 53.0 Å². The number of hydrogen-bond acceptors (Lipinski definition) is 3. The number of nitrogens with one attached hydrogen (secondary N) is 1. The average molecular weight is 435 g/mol. The third-order valence-corrected chi connectivity index (χ3v) is 4.74. The Morgan fingerprint density at radius 2 is 1.92 bits per heavy atom. The average Bonchev–Trinajstić information content (AvgIpc) is 2.64. The molecule has 0 bridgehead atoms. The van der Waals surface area contributed by atoms with E-state index in [4.69, 9.17) is 17.0 Å². The molecule has 0 aliphatic carbocycles. The quantitative estimate of drug-likeness (QED) is 0.481. The van der Waals surface area contributed by atoms with Crippen LogP contribution in [0.3, 0.4) is 0 Å². The molecule has 6 heteroatoms. The molecule has 0 heterocycles. The highest BCUT2D eigenvalue weighted by molar-refractivity contribution is 9.10. The second-order valence-electron chi connectivity index (χ2n) is 5.69. The van der Waals surface area contributed by atoms with Crippen LogP contribution in [-0.4, -0.2) is 24.2 Å². The highest BCUT2D eigenvalue weighted by Crippen LogP contribution is 2.26. The molecule has 0 unspecified atom stereocenters. The van der Waals surface area contributed by atoms with Gasteiger partial charge in [-0.15, -0.1) is 0 Å². The number of anilines is 1. The smallest absolute Gasteiger partial charge is 0.257 e. The number of nitrogens with zero attached hydrogens (tertiary/aromatic N) is 1. The van der Waals surface area contributed by atoms with E-state index >= 15 is 0 Å². The number of para-hydroxylation sites is 1. The van der Waals surface area contributed by atoms with E-state index in [-0.39, 0.29) is 5.91 Å². The van der Waals surface area contributed by atoms with E-state index in [1.165, 1.54) is 0 Å². The second-order valence-corrected chi connectivity index (χ2v) is 6.93. The van der Waals surface area contributed by atoms with Crippen molar-refractivity contribution in [1.82, 2.24) is 5.32 Å². The molecule has 0 atom stereocenters. The van der Waals surface area contributed by atoms with E-state index < -0.39 is 0 Å². The Kier molecular flexibility index (Phi) is 8.06. The zero-order valence-electron chi connectivity index (χ0n) is 15.0. The third-order valence-electron chi connectivity index (χ3n) is 3.80. The SMILES string of the molecule is CCCCOc1ccc(C(=O)NC(=S)N(CC)c2ccccc2)cc1Br. The molecule has 1 N–H and O–H groups in total. The molecule has 1 amide bonds. The molecule has 2 rings (SSSR count). The number of unbranched alkanes of at least 4 members (excludes halogenated alkanes) is 1. The van der Waals surface area contributed by atoms with Crippen LogP contribution in [0, 0.1) is 0 Å². The van der Waals surface area contributed by atoms with E-state index in [0.717, 1.165) is 28.8 Å². The minimum absolute atomic E-state index is 0.245. The number of thiocarbonyl (C=S) groups is 1. The first kappa shape index (κ1) is 20.4. The molecule has 0 fully saturated rings. The van der Waals surface area contributed by atoms with Gasteiger partial charge >= 0.3 is 0 Å². The molecule has 0 aliphatic rings. The van der Waals surface area contributed by atoms with Gasteiger partial charge in [-0.05, 0) is 71.8 Å². The summed E-state index contributed by atoms with van der Waals surface area (Å²) in [5.74, 6) is 0.488. The van der Waals surface area contributed by atoms with Crippen LogP contribution < -0.4 is 15.0 Å². The fourth-order valence-corrected chi connectivity index (χ4v) is 3.19. The van der Waals surface area contributed by atoms with E-state index in [9.17, 15) is 4.79 Å². The number of hydrogen-bond donors (Lipinski definition) is 1. The Balaban J connectivity index is 2.04. The van der Waals surface area contributed by atoms with Crippen LogP contribution in [0.2, 0.25) is 0 Å². The lowest BCUT2D eigenvalue weighted by Gasteiger charge is -2.23. The first-order chi connectivity index (χ1) is 12.6. The first-order valence-electron chi connectivity index (χ1n) is 8.67. The summed E-state index contributed by atoms with van der Waals surface area (Å²) in [7, 11) is 0. The van der Waals surface area contributed by atoms with Crippen molar-refractivity contribution in [1.29, 1.82) is 0 Å². The third kappa shape index (κ3) is 5.54. The molecule has 2 aromatic carbocycles. The van der Waals surface area contributed by atoms with Crippen LogP contribution in [0.4, 0.5) is 5.69 Å². The van der Waals surface area contributed by atoms with Crippen LogP contribution in [-0.2, 0) is 0 Å². The van der Waals surface area contributed by atoms with Crippen molar-refractivity contribution in [2.24, 2.45) is 0 Å². The maximum absolute atomic E-state index is 12.5. The molecular weight excluding hydrogens is 412 g/mol. The van der Waals surface area contributed by atoms with E-state index in [1.54, 1.807) is 18.2 Å². The lowest BCUT2D eigenvalue weighted by Crippen LogP contribution is -2.42. The monoisotopic (exact) mass is 434 g/mol. The summed E-state index contributed by atoms with van der Waals surface area (Å²) in [5.41, 5.74) is 1.47. The normalized spacial score (nSPS) is 10.3. The number of amides is 1. The summed E-state index contributed by atoms with van der Waals surface area (Å²) in [6, 6.07) is 15.0. The lowest BCUT2D eigenvalue weighted by molar-refractivity contribution is 0.0977. The first-order valence-corrected chi connectivity index (χ1v) is 9.87. The van der Waals surface area contributed by atoms with Gasteiger partial charge in [-0.1, -0.05) is 31.5 Å². The van der Waals surface area contributed by atoms with Crippen LogP contribution in [0.1, 0.15) is 37.0 Å². The van der Waals surface area contributed by atoms with E-state index in [0.29, 0.717) is 23.8 Å². The summed E-state index contributed by atoms with van der Waals surface area (Å²) >= 11 is 8.88. The molecule has 0 radical (unpaired) electrons. The minimum atomic E-state index is -0.245. The zero-order chi connectivity index (χ0) is 18.9. The van der Waals surface area contributed by atoms with Crippen molar-refractivity contribution < 1.29 is 9.53 Å². The van der Waals surface area contributed by atoms with Gasteiger partial charge in [0.2, 0.25) is 0 Å². The number of benzene rings is 2. The maximum Gasteiger partial charge on any atom is 0.257 e. The van der Waals surface area contributed by atoms with Crippen molar-refractivity contribution in [3.8, 4) is 5.75 Å². The van der Waals surface area contributed by atoms with Gasteiger partial charge in [-0.2, -0.15) is 0 Å². The molecule has 0 saturated heterocycles. The molecule has 0 aliphatic heterocycles. The summed E-state index contributed by atoms with van der Waals surface area (Å²) in [5, 5.41) is 3.18. The molecule has 0 aromatic heterocycles. The van der Waals surface area contributed by atoms with Gasteiger partial charge in [-0.25, -0.2) is 0 Å². The van der Waals surface area contributed by atoms with Crippen molar-refractivity contribution >= 4 is 44.9 Å². The summed E-state index contributed by atoms with van der Waals surface area (Å²) in [4.78, 5) is 14.4. The van der Waals surface area contributed by atoms with Crippen LogP contribution in [0.25, 0.3) is 0 Å². The van der Waals surface area contributed by atoms with Crippen molar-refractivity contribution in [2.45, 2.75) is 26.7 Å². The number of halogens is 1. The van der Waals surface area contributed by atoms with Gasteiger partial charge < -0.3 is 9.64 Å². The highest BCUT2D eigenvalue weighted by atomic mass is 79.9. The van der Waals surface area contributed by atoms with Gasteiger partial charge in [0, 0.05) is 17.8 Å². The molecule has 4 nitrogen and oxygen atoms in total. The van der Waals surface area contributed by atoms with E-state index in [1.807, 2.05) is 42.2 Å². The van der Waals surface area contributed by atoms with Crippen LogP contribution >= 0.6 is 28.1 Å². The van der Waals surface area contributed by atoms with Gasteiger partial charge in [-0.3, -0.25) is 10.1 Å². The standard InChI is InChI=1S/C20H23BrN2O2S/c1-3-5-13-25-18-12-11-15(14-17(18)21)19(24)22-20(26)23(4-2)16-9-7-6-8-10-16/h6-12,14H,3-5,13H2,1-2H3,(H,22,24,26). The number of ether oxygens (including phenoxy) is 1. The van der Waals surface area contributed by atoms with Crippen LogP contribution in [0.5, 0.6) is 5.75 Å². The molecule has 0 saturated carbocycles. The van der Waals surface area contributed by atoms with Gasteiger partial charge in [0.05, 0.1) is 11.1 Å². The van der Waals surface area contributed by atoms with Gasteiger partial charge in [0.25, 0.3) is 5.91 Å². The number of rotatable bonds is 7. The summed E-state index contributed by atoms with van der Waals surface area (Å²) < 4.78 is 6.45. The number of carbonyl (C=O) groups is 1. The predicted octanol–water partition coefficient (Wildman–Crippen LogP) is 5.17. The molecule has 138 valence electrons. The largest absolute Gasteiger partial charge is 0.492 e. The van der Waals surface area contributed by atoms with Crippen molar-refractivity contribution in [3.05, 3.63) is 58.6 Å². The molecule has 2 aromatic rings. The van der Waals surface area contributed by atoms with E-state index in [2.05, 4.69) is 28.2 Å².